The molecule has 0 amide bonds. The summed E-state index contributed by atoms with van der Waals surface area (Å²) in [5.41, 5.74) is -0.717. The number of rotatable bonds is 5. The molecule has 0 saturated carbocycles. The quantitative estimate of drug-likeness (QED) is 0.535. The third kappa shape index (κ3) is 5.14. The number of benzene rings is 1. The summed E-state index contributed by atoms with van der Waals surface area (Å²) in [6.07, 6.45) is 1.62. The standard InChI is InChI=1S/C21H27BF2N2O3S/c1-19(2,3)26-30-14-11-15(22-28-20(4,5)21(6,7)29-22)18(25-12-14)27-17-9-8-13(23)10-16(17)24/h8-12,26H,1-7H3. The summed E-state index contributed by atoms with van der Waals surface area (Å²) in [6, 6.07) is 4.96. The van der Waals surface area contributed by atoms with Crippen molar-refractivity contribution in [3.05, 3.63) is 42.1 Å². The lowest BCUT2D eigenvalue weighted by Gasteiger charge is -2.32. The highest BCUT2D eigenvalue weighted by Gasteiger charge is 2.52. The Labute approximate surface area is 181 Å². The van der Waals surface area contributed by atoms with Crippen LogP contribution in [0.15, 0.2) is 35.4 Å². The zero-order valence-corrected chi connectivity index (χ0v) is 19.1. The molecule has 0 unspecified atom stereocenters. The van der Waals surface area contributed by atoms with Gasteiger partial charge in [0.2, 0.25) is 5.88 Å². The first-order valence-corrected chi connectivity index (χ1v) is 10.5. The number of ether oxygens (including phenoxy) is 1. The molecule has 1 fully saturated rings. The smallest absolute Gasteiger partial charge is 0.436 e. The molecule has 0 aliphatic carbocycles. The van der Waals surface area contributed by atoms with E-state index in [9.17, 15) is 8.78 Å². The van der Waals surface area contributed by atoms with E-state index in [1.807, 2.05) is 33.8 Å². The molecule has 2 heterocycles. The topological polar surface area (TPSA) is 52.6 Å². The lowest BCUT2D eigenvalue weighted by atomic mass is 9.79. The maximum atomic E-state index is 14.2. The third-order valence-corrected chi connectivity index (χ3v) is 6.11. The highest BCUT2D eigenvalue weighted by atomic mass is 32.2. The van der Waals surface area contributed by atoms with E-state index >= 15 is 0 Å². The number of halogens is 2. The van der Waals surface area contributed by atoms with E-state index in [0.29, 0.717) is 5.46 Å². The summed E-state index contributed by atoms with van der Waals surface area (Å²) < 4.78 is 48.7. The Hall–Kier alpha value is -1.68. The molecule has 1 aromatic heterocycles. The first kappa shape index (κ1) is 23.0. The SMILES string of the molecule is CC(C)(C)NSc1cnc(Oc2ccc(F)cc2F)c(B2OC(C)(C)C(C)(C)O2)c1. The van der Waals surface area contributed by atoms with Gasteiger partial charge in [0.1, 0.15) is 5.82 Å². The lowest BCUT2D eigenvalue weighted by molar-refractivity contribution is 0.00578. The fraction of sp³-hybridized carbons (Fsp3) is 0.476. The molecule has 0 atom stereocenters. The van der Waals surface area contributed by atoms with Gasteiger partial charge in [-0.1, -0.05) is 0 Å². The summed E-state index contributed by atoms with van der Waals surface area (Å²) in [5, 5.41) is 0. The molecule has 30 heavy (non-hydrogen) atoms. The molecule has 1 saturated heterocycles. The highest BCUT2D eigenvalue weighted by molar-refractivity contribution is 7.97. The Kier molecular flexibility index (Phi) is 6.22. The van der Waals surface area contributed by atoms with Crippen molar-refractivity contribution in [1.29, 1.82) is 0 Å². The summed E-state index contributed by atoms with van der Waals surface area (Å²) in [5.74, 6) is -1.49. The van der Waals surface area contributed by atoms with Crippen LogP contribution < -0.4 is 14.9 Å². The van der Waals surface area contributed by atoms with E-state index in [1.165, 1.54) is 18.0 Å². The minimum atomic E-state index is -0.815. The van der Waals surface area contributed by atoms with Gasteiger partial charge < -0.3 is 14.0 Å². The maximum absolute atomic E-state index is 14.2. The minimum absolute atomic E-state index is 0.110. The molecule has 9 heteroatoms. The van der Waals surface area contributed by atoms with Gasteiger partial charge in [-0.25, -0.2) is 13.8 Å². The summed E-state index contributed by atoms with van der Waals surface area (Å²) in [6.45, 7) is 13.9. The second-order valence-electron chi connectivity index (χ2n) is 9.28. The van der Waals surface area contributed by atoms with Crippen LogP contribution in [0.25, 0.3) is 0 Å². The van der Waals surface area contributed by atoms with Crippen molar-refractivity contribution in [3.63, 3.8) is 0 Å². The van der Waals surface area contributed by atoms with Crippen molar-refractivity contribution in [2.45, 2.75) is 70.1 Å². The van der Waals surface area contributed by atoms with E-state index in [4.69, 9.17) is 14.0 Å². The third-order valence-electron chi connectivity index (χ3n) is 4.94. The average Bonchev–Trinajstić information content (AvgIpc) is 2.83. The zero-order valence-electron chi connectivity index (χ0n) is 18.3. The van der Waals surface area contributed by atoms with Crippen LogP contribution in [0.1, 0.15) is 48.5 Å². The van der Waals surface area contributed by atoms with Crippen LogP contribution in [0.4, 0.5) is 8.78 Å². The minimum Gasteiger partial charge on any atom is -0.436 e. The molecule has 3 rings (SSSR count). The zero-order chi connectivity index (χ0) is 22.3. The van der Waals surface area contributed by atoms with Crippen LogP contribution in [0.5, 0.6) is 11.6 Å². The van der Waals surface area contributed by atoms with E-state index < -0.39 is 30.0 Å². The Morgan fingerprint density at radius 3 is 2.27 bits per heavy atom. The molecular formula is C21H27BF2N2O3S. The number of nitrogens with one attached hydrogen (secondary N) is 1. The molecule has 1 aliphatic rings. The van der Waals surface area contributed by atoms with Crippen molar-refractivity contribution in [1.82, 2.24) is 9.71 Å². The van der Waals surface area contributed by atoms with Gasteiger partial charge in [0.15, 0.2) is 11.6 Å². The normalized spacial score (nSPS) is 18.0. The fourth-order valence-electron chi connectivity index (χ4n) is 2.60. The van der Waals surface area contributed by atoms with Crippen molar-refractivity contribution in [2.24, 2.45) is 0 Å². The second-order valence-corrected chi connectivity index (χ2v) is 10.2. The van der Waals surface area contributed by atoms with Crippen molar-refractivity contribution in [2.75, 3.05) is 0 Å². The van der Waals surface area contributed by atoms with Gasteiger partial charge in [0, 0.05) is 28.2 Å². The van der Waals surface area contributed by atoms with Crippen LogP contribution in [-0.2, 0) is 9.31 Å². The van der Waals surface area contributed by atoms with Crippen LogP contribution >= 0.6 is 11.9 Å². The van der Waals surface area contributed by atoms with Gasteiger partial charge in [-0.15, -0.1) is 0 Å². The van der Waals surface area contributed by atoms with Crippen LogP contribution in [0, 0.1) is 11.6 Å². The largest absolute Gasteiger partial charge is 0.500 e. The number of nitrogens with zero attached hydrogens (tertiary/aromatic N) is 1. The first-order chi connectivity index (χ1) is 13.8. The predicted octanol–water partition coefficient (Wildman–Crippen LogP) is 4.85. The number of hydrogen-bond acceptors (Lipinski definition) is 6. The van der Waals surface area contributed by atoms with Gasteiger partial charge in [-0.3, -0.25) is 4.72 Å². The van der Waals surface area contributed by atoms with Gasteiger partial charge in [-0.05, 0) is 78.6 Å². The molecule has 5 nitrogen and oxygen atoms in total. The number of aromatic nitrogens is 1. The lowest BCUT2D eigenvalue weighted by Crippen LogP contribution is -2.41. The summed E-state index contributed by atoms with van der Waals surface area (Å²) in [7, 11) is -0.754. The van der Waals surface area contributed by atoms with E-state index in [1.54, 1.807) is 6.20 Å². The molecule has 162 valence electrons. The van der Waals surface area contributed by atoms with Gasteiger partial charge in [-0.2, -0.15) is 0 Å². The van der Waals surface area contributed by atoms with E-state index in [0.717, 1.165) is 17.0 Å². The molecule has 1 N–H and O–H groups in total. The van der Waals surface area contributed by atoms with Gasteiger partial charge >= 0.3 is 7.12 Å². The molecular weight excluding hydrogens is 409 g/mol. The van der Waals surface area contributed by atoms with Crippen LogP contribution in [0.3, 0.4) is 0 Å². The first-order valence-electron chi connectivity index (χ1n) is 9.70. The molecule has 1 aliphatic heterocycles. The maximum Gasteiger partial charge on any atom is 0.500 e. The van der Waals surface area contributed by atoms with Crippen molar-refractivity contribution >= 4 is 24.5 Å². The molecule has 0 radical (unpaired) electrons. The Morgan fingerprint density at radius 2 is 1.70 bits per heavy atom. The monoisotopic (exact) mass is 436 g/mol. The van der Waals surface area contributed by atoms with Crippen LogP contribution in [0.2, 0.25) is 0 Å². The number of hydrogen-bond donors (Lipinski definition) is 1. The fourth-order valence-corrected chi connectivity index (χ4v) is 3.32. The number of pyridine rings is 1. The summed E-state index contributed by atoms with van der Waals surface area (Å²) >= 11 is 1.42. The molecule has 0 spiro atoms. The van der Waals surface area contributed by atoms with Gasteiger partial charge in [0.25, 0.3) is 0 Å². The van der Waals surface area contributed by atoms with E-state index in [-0.39, 0.29) is 17.2 Å². The van der Waals surface area contributed by atoms with Crippen molar-refractivity contribution in [3.8, 4) is 11.6 Å². The van der Waals surface area contributed by atoms with Crippen LogP contribution in [-0.4, -0.2) is 28.8 Å². The molecule has 2 aromatic rings. The van der Waals surface area contributed by atoms with E-state index in [2.05, 4.69) is 30.5 Å². The molecule has 0 bridgehead atoms. The molecule has 1 aromatic carbocycles. The Morgan fingerprint density at radius 1 is 1.07 bits per heavy atom. The Bertz CT molecular complexity index is 919. The second kappa shape index (κ2) is 8.11. The average molecular weight is 436 g/mol. The Balaban J connectivity index is 1.97. The van der Waals surface area contributed by atoms with Crippen molar-refractivity contribution < 1.29 is 22.8 Å². The predicted molar refractivity (Wildman–Crippen MR) is 115 cm³/mol. The van der Waals surface area contributed by atoms with Gasteiger partial charge in [0.05, 0.1) is 11.2 Å². The summed E-state index contributed by atoms with van der Waals surface area (Å²) in [4.78, 5) is 5.20. The highest BCUT2D eigenvalue weighted by Crippen LogP contribution is 2.37.